The fourth-order valence-corrected chi connectivity index (χ4v) is 1.03. The normalized spacial score (nSPS) is 9.44. The van der Waals surface area contributed by atoms with Crippen LogP contribution in [-0.4, -0.2) is 18.1 Å². The van der Waals surface area contributed by atoms with Crippen molar-refractivity contribution in [3.05, 3.63) is 11.6 Å². The minimum absolute atomic E-state index is 0.0976. The van der Waals surface area contributed by atoms with Crippen molar-refractivity contribution < 1.29 is 5.11 Å². The van der Waals surface area contributed by atoms with Gasteiger partial charge in [0, 0.05) is 18.1 Å². The summed E-state index contributed by atoms with van der Waals surface area (Å²) < 4.78 is 0. The summed E-state index contributed by atoms with van der Waals surface area (Å²) in [6.07, 6.45) is 1.71. The Hall–Kier alpha value is -0.610. The monoisotopic (exact) mass is 143 g/mol. The third-order valence-corrected chi connectivity index (χ3v) is 1.54. The van der Waals surface area contributed by atoms with Crippen molar-refractivity contribution in [3.63, 3.8) is 0 Å². The number of anilines is 1. The van der Waals surface area contributed by atoms with E-state index in [4.69, 9.17) is 0 Å². The Bertz CT molecular complexity index is 152. The van der Waals surface area contributed by atoms with Gasteiger partial charge < -0.3 is 5.32 Å². The molecule has 3 nitrogen and oxygen atoms in total. The molecule has 0 saturated heterocycles. The molecule has 0 fully saturated rings. The fourth-order valence-electron chi connectivity index (χ4n) is 0.469. The first kappa shape index (κ1) is 6.51. The molecule has 9 heavy (non-hydrogen) atoms. The van der Waals surface area contributed by atoms with Gasteiger partial charge in [-0.3, -0.25) is 0 Å². The zero-order valence-corrected chi connectivity index (χ0v) is 5.65. The number of hydrogen-bond donors (Lipinski definition) is 1. The van der Waals surface area contributed by atoms with Crippen molar-refractivity contribution in [1.29, 1.82) is 0 Å². The van der Waals surface area contributed by atoms with Crippen LogP contribution < -0.4 is 5.32 Å². The largest absolute Gasteiger partial charge is 0.359 e. The van der Waals surface area contributed by atoms with Crippen LogP contribution in [0, 0.1) is 0 Å². The summed E-state index contributed by atoms with van der Waals surface area (Å²) in [5.41, 5.74) is 0. The third kappa shape index (κ3) is 1.99. The van der Waals surface area contributed by atoms with E-state index in [1.165, 1.54) is 11.3 Å². The number of thiazole rings is 1. The first-order valence-electron chi connectivity index (χ1n) is 2.65. The van der Waals surface area contributed by atoms with Gasteiger partial charge in [-0.15, -0.1) is 11.3 Å². The molecule has 0 aliphatic carbocycles. The highest BCUT2D eigenvalue weighted by Crippen LogP contribution is 2.08. The number of nitrogens with zero attached hydrogens (tertiary/aromatic N) is 1. The van der Waals surface area contributed by atoms with Crippen LogP contribution in [0.3, 0.4) is 0 Å². The predicted molar refractivity (Wildman–Crippen MR) is 36.2 cm³/mol. The van der Waals surface area contributed by atoms with Crippen molar-refractivity contribution in [2.24, 2.45) is 0 Å². The Morgan fingerprint density at radius 2 is 2.67 bits per heavy atom. The summed E-state index contributed by atoms with van der Waals surface area (Å²) in [7, 11) is 0. The molecule has 1 heterocycles. The van der Waals surface area contributed by atoms with E-state index in [1.807, 2.05) is 5.38 Å². The zero-order chi connectivity index (χ0) is 6.53. The maximum absolute atomic E-state index is 9.94. The molecule has 1 aromatic heterocycles. The Morgan fingerprint density at radius 1 is 1.78 bits per heavy atom. The van der Waals surface area contributed by atoms with Gasteiger partial charge in [0.2, 0.25) is 0 Å². The summed E-state index contributed by atoms with van der Waals surface area (Å²) >= 11 is 1.50. The van der Waals surface area contributed by atoms with E-state index in [2.05, 4.69) is 10.3 Å². The maximum atomic E-state index is 9.94. The van der Waals surface area contributed by atoms with E-state index in [1.54, 1.807) is 6.20 Å². The summed E-state index contributed by atoms with van der Waals surface area (Å²) in [5, 5.41) is 15.5. The third-order valence-electron chi connectivity index (χ3n) is 0.811. The van der Waals surface area contributed by atoms with Gasteiger partial charge in [-0.05, 0) is 0 Å². The molecular weight excluding hydrogens is 136 g/mol. The molecule has 1 aromatic rings. The highest BCUT2D eigenvalue weighted by atomic mass is 32.1. The highest BCUT2D eigenvalue weighted by Gasteiger charge is 1.89. The Balaban J connectivity index is 2.30. The van der Waals surface area contributed by atoms with Gasteiger partial charge in [0.15, 0.2) is 5.13 Å². The molecule has 1 rings (SSSR count). The predicted octanol–water partition coefficient (Wildman–Crippen LogP) is 0.986. The minimum atomic E-state index is -0.0976. The van der Waals surface area contributed by atoms with Gasteiger partial charge in [0.05, 0.1) is 6.61 Å². The van der Waals surface area contributed by atoms with Crippen molar-refractivity contribution in [2.45, 2.75) is 0 Å². The van der Waals surface area contributed by atoms with Crippen molar-refractivity contribution in [1.82, 2.24) is 4.98 Å². The van der Waals surface area contributed by atoms with Gasteiger partial charge in [-0.2, -0.15) is 0 Å². The number of aromatic nitrogens is 1. The molecule has 0 aliphatic heterocycles. The topological polar surface area (TPSA) is 44.8 Å². The molecule has 0 bridgehead atoms. The maximum Gasteiger partial charge on any atom is 0.182 e. The lowest BCUT2D eigenvalue weighted by atomic mass is 10.7. The lowest BCUT2D eigenvalue weighted by Gasteiger charge is -1.94. The zero-order valence-electron chi connectivity index (χ0n) is 4.83. The molecule has 0 aliphatic rings. The first-order chi connectivity index (χ1) is 4.43. The molecule has 0 aromatic carbocycles. The number of hydrogen-bond acceptors (Lipinski definition) is 3. The van der Waals surface area contributed by atoms with Crippen LogP contribution in [0.25, 0.3) is 0 Å². The molecule has 1 radical (unpaired) electrons. The molecule has 0 saturated carbocycles. The highest BCUT2D eigenvalue weighted by molar-refractivity contribution is 7.13. The van der Waals surface area contributed by atoms with E-state index in [9.17, 15) is 5.11 Å². The van der Waals surface area contributed by atoms with Crippen LogP contribution in [0.1, 0.15) is 0 Å². The summed E-state index contributed by atoms with van der Waals surface area (Å²) in [4.78, 5) is 3.92. The molecule has 1 N–H and O–H groups in total. The average molecular weight is 143 g/mol. The van der Waals surface area contributed by atoms with Gasteiger partial charge in [-0.25, -0.2) is 10.1 Å². The SMILES string of the molecule is [O]CCNc1nccs1. The van der Waals surface area contributed by atoms with E-state index >= 15 is 0 Å². The standard InChI is InChI=1S/C5H7N2OS/c8-3-1-6-5-7-2-4-9-5/h2,4H,1,3H2,(H,6,7). The van der Waals surface area contributed by atoms with Crippen LogP contribution in [0.2, 0.25) is 0 Å². The van der Waals surface area contributed by atoms with E-state index in [-0.39, 0.29) is 6.61 Å². The second-order valence-corrected chi connectivity index (χ2v) is 2.36. The Kier molecular flexibility index (Phi) is 2.48. The van der Waals surface area contributed by atoms with Gasteiger partial charge in [0.25, 0.3) is 0 Å². The van der Waals surface area contributed by atoms with Gasteiger partial charge in [0.1, 0.15) is 0 Å². The minimum Gasteiger partial charge on any atom is -0.359 e. The second-order valence-electron chi connectivity index (χ2n) is 1.47. The van der Waals surface area contributed by atoms with Crippen LogP contribution in [0.15, 0.2) is 11.6 Å². The Morgan fingerprint density at radius 3 is 3.22 bits per heavy atom. The summed E-state index contributed by atoms with van der Waals surface area (Å²) in [6, 6.07) is 0. The lowest BCUT2D eigenvalue weighted by molar-refractivity contribution is 0.206. The van der Waals surface area contributed by atoms with Gasteiger partial charge >= 0.3 is 0 Å². The quantitative estimate of drug-likeness (QED) is 0.685. The number of rotatable bonds is 3. The molecule has 0 atom stereocenters. The summed E-state index contributed by atoms with van der Waals surface area (Å²) in [6.45, 7) is 0.368. The van der Waals surface area contributed by atoms with Crippen LogP contribution in [0.5, 0.6) is 0 Å². The molecule has 0 amide bonds. The van der Waals surface area contributed by atoms with Crippen LogP contribution in [-0.2, 0) is 5.11 Å². The second kappa shape index (κ2) is 3.42. The van der Waals surface area contributed by atoms with Crippen molar-refractivity contribution >= 4 is 16.5 Å². The Labute approximate surface area is 57.4 Å². The van der Waals surface area contributed by atoms with Crippen LogP contribution in [0.4, 0.5) is 5.13 Å². The molecule has 0 unspecified atom stereocenters. The van der Waals surface area contributed by atoms with E-state index in [0.29, 0.717) is 6.54 Å². The fraction of sp³-hybridized carbons (Fsp3) is 0.400. The average Bonchev–Trinajstić information content (AvgIpc) is 2.34. The smallest absolute Gasteiger partial charge is 0.182 e. The molecule has 0 spiro atoms. The summed E-state index contributed by atoms with van der Waals surface area (Å²) in [5.74, 6) is 0. The van der Waals surface area contributed by atoms with Crippen molar-refractivity contribution in [2.75, 3.05) is 18.5 Å². The molecule has 49 valence electrons. The first-order valence-corrected chi connectivity index (χ1v) is 3.53. The molecule has 4 heteroatoms. The van der Waals surface area contributed by atoms with E-state index in [0.717, 1.165) is 5.13 Å². The van der Waals surface area contributed by atoms with Crippen LogP contribution >= 0.6 is 11.3 Å². The number of nitrogens with one attached hydrogen (secondary N) is 1. The van der Waals surface area contributed by atoms with E-state index < -0.39 is 0 Å². The van der Waals surface area contributed by atoms with Crippen molar-refractivity contribution in [3.8, 4) is 0 Å². The van der Waals surface area contributed by atoms with Gasteiger partial charge in [-0.1, -0.05) is 0 Å². The molecular formula is C5H7N2OS. The lowest BCUT2D eigenvalue weighted by Crippen LogP contribution is -2.03.